The number of phenolic OH excluding ortho intramolecular Hbond substituents is 1. The molecule has 0 saturated heterocycles. The molecular weight excluding hydrogens is 525 g/mol. The standard InChI is InChI=1S/C23H20IN3O5/c1-10-6-12(7-11(2)20(10)29)18-13-4-5-26-22(31)25(3)23(32)27(26)16(13)8-14-17(28)9-15(24)21(30)19(14)18/h4,6-7,9,16,18,29H,5,8H2,1-3H3. The number of carbonyl (C=O) groups is 2. The number of ketones is 2. The molecule has 2 heterocycles. The average Bonchev–Trinajstić information content (AvgIpc) is 2.98. The number of allylic oxidation sites excluding steroid dienone is 6. The molecule has 0 radical (unpaired) electrons. The highest BCUT2D eigenvalue weighted by molar-refractivity contribution is 14.1. The van der Waals surface area contributed by atoms with Gasteiger partial charge in [0.25, 0.3) is 0 Å². The first-order valence-electron chi connectivity index (χ1n) is 10.2. The number of aryl methyl sites for hydroxylation is 2. The van der Waals surface area contributed by atoms with Crippen molar-refractivity contribution in [2.75, 3.05) is 0 Å². The summed E-state index contributed by atoms with van der Waals surface area (Å²) >= 11 is 1.89. The minimum Gasteiger partial charge on any atom is -0.507 e. The van der Waals surface area contributed by atoms with Crippen LogP contribution in [0, 0.1) is 13.8 Å². The predicted molar refractivity (Wildman–Crippen MR) is 125 cm³/mol. The van der Waals surface area contributed by atoms with Crippen LogP contribution in [0.5, 0.6) is 5.75 Å². The molecule has 1 aromatic heterocycles. The second kappa shape index (κ2) is 7.03. The first-order chi connectivity index (χ1) is 15.1. The lowest BCUT2D eigenvalue weighted by Gasteiger charge is -2.39. The van der Waals surface area contributed by atoms with Gasteiger partial charge in [-0.15, -0.1) is 0 Å². The molecule has 32 heavy (non-hydrogen) atoms. The molecule has 1 aromatic carbocycles. The van der Waals surface area contributed by atoms with Crippen molar-refractivity contribution in [2.45, 2.75) is 38.8 Å². The number of nitrogens with zero attached hydrogens (tertiary/aromatic N) is 3. The van der Waals surface area contributed by atoms with Crippen LogP contribution < -0.4 is 11.4 Å². The second-order valence-electron chi connectivity index (χ2n) is 8.49. The van der Waals surface area contributed by atoms with Crippen LogP contribution >= 0.6 is 22.6 Å². The lowest BCUT2D eigenvalue weighted by atomic mass is 9.68. The van der Waals surface area contributed by atoms with Gasteiger partial charge in [-0.3, -0.25) is 9.59 Å². The zero-order chi connectivity index (χ0) is 23.1. The maximum atomic E-state index is 13.3. The van der Waals surface area contributed by atoms with Crippen molar-refractivity contribution in [1.82, 2.24) is 13.9 Å². The van der Waals surface area contributed by atoms with Crippen molar-refractivity contribution >= 4 is 34.2 Å². The number of Topliss-reactive ketones (excluding diaryl/α,β-unsaturated/α-hetero) is 1. The van der Waals surface area contributed by atoms with E-state index in [0.29, 0.717) is 25.9 Å². The summed E-state index contributed by atoms with van der Waals surface area (Å²) in [5.41, 5.74) is 2.84. The zero-order valence-electron chi connectivity index (χ0n) is 17.7. The Morgan fingerprint density at radius 2 is 1.72 bits per heavy atom. The largest absolute Gasteiger partial charge is 0.507 e. The normalized spacial score (nSPS) is 22.2. The summed E-state index contributed by atoms with van der Waals surface area (Å²) < 4.78 is 4.20. The second-order valence-corrected chi connectivity index (χ2v) is 9.65. The van der Waals surface area contributed by atoms with Crippen LogP contribution in [-0.2, 0) is 23.2 Å². The van der Waals surface area contributed by atoms with E-state index in [1.165, 1.54) is 22.5 Å². The van der Waals surface area contributed by atoms with E-state index in [-0.39, 0.29) is 30.3 Å². The summed E-state index contributed by atoms with van der Waals surface area (Å²) in [7, 11) is 1.43. The molecule has 164 valence electrons. The summed E-state index contributed by atoms with van der Waals surface area (Å²) in [5, 5.41) is 10.3. The SMILES string of the molecule is Cc1cc(C2C3=CCn4c(=O)n(C)c(=O)n4C3CC3=C2C(=O)C(I)=CC3=O)cc(C)c1O. The van der Waals surface area contributed by atoms with Gasteiger partial charge in [-0.05, 0) is 58.7 Å². The van der Waals surface area contributed by atoms with Crippen LogP contribution in [0.25, 0.3) is 0 Å². The van der Waals surface area contributed by atoms with E-state index in [0.717, 1.165) is 15.7 Å². The number of hydrogen-bond donors (Lipinski definition) is 1. The van der Waals surface area contributed by atoms with Crippen molar-refractivity contribution in [1.29, 1.82) is 0 Å². The number of benzene rings is 1. The topological polar surface area (TPSA) is 103 Å². The number of fused-ring (bicyclic) bond motifs is 3. The fourth-order valence-corrected chi connectivity index (χ4v) is 5.69. The van der Waals surface area contributed by atoms with E-state index in [4.69, 9.17) is 0 Å². The number of aromatic hydroxyl groups is 1. The highest BCUT2D eigenvalue weighted by Gasteiger charge is 2.45. The molecule has 0 saturated carbocycles. The molecule has 8 nitrogen and oxygen atoms in total. The maximum Gasteiger partial charge on any atom is 0.347 e. The van der Waals surface area contributed by atoms with Crippen LogP contribution in [0.1, 0.15) is 35.1 Å². The first kappa shape index (κ1) is 20.9. The van der Waals surface area contributed by atoms with Crippen molar-refractivity contribution in [3.63, 3.8) is 0 Å². The molecular formula is C23H20IN3O5. The summed E-state index contributed by atoms with van der Waals surface area (Å²) in [5.74, 6) is -0.811. The van der Waals surface area contributed by atoms with Crippen LogP contribution in [-0.4, -0.2) is 30.6 Å². The molecule has 2 atom stereocenters. The van der Waals surface area contributed by atoms with Crippen LogP contribution in [0.2, 0.25) is 0 Å². The molecule has 1 aliphatic heterocycles. The minimum absolute atomic E-state index is 0.169. The summed E-state index contributed by atoms with van der Waals surface area (Å²) in [4.78, 5) is 51.7. The lowest BCUT2D eigenvalue weighted by molar-refractivity contribution is -0.115. The third kappa shape index (κ3) is 2.73. The third-order valence-electron chi connectivity index (χ3n) is 6.64. The molecule has 2 aromatic rings. The molecule has 0 amide bonds. The van der Waals surface area contributed by atoms with Gasteiger partial charge in [0.2, 0.25) is 0 Å². The Morgan fingerprint density at radius 3 is 2.38 bits per heavy atom. The number of carbonyl (C=O) groups excluding carboxylic acids is 2. The number of rotatable bonds is 1. The number of hydrogen-bond acceptors (Lipinski definition) is 5. The maximum absolute atomic E-state index is 13.3. The Morgan fingerprint density at radius 1 is 1.06 bits per heavy atom. The third-order valence-corrected chi connectivity index (χ3v) is 7.44. The van der Waals surface area contributed by atoms with Crippen molar-refractivity contribution in [3.05, 3.63) is 82.2 Å². The Kier molecular flexibility index (Phi) is 4.59. The Labute approximate surface area is 196 Å². The summed E-state index contributed by atoms with van der Waals surface area (Å²) in [6.07, 6.45) is 3.40. The van der Waals surface area contributed by atoms with Crippen molar-refractivity contribution in [2.24, 2.45) is 7.05 Å². The van der Waals surface area contributed by atoms with Gasteiger partial charge in [-0.25, -0.2) is 23.5 Å². The molecule has 0 fully saturated rings. The molecule has 2 unspecified atom stereocenters. The fraction of sp³-hybridized carbons (Fsp3) is 0.304. The van der Waals surface area contributed by atoms with E-state index in [1.807, 2.05) is 40.8 Å². The smallest absolute Gasteiger partial charge is 0.347 e. The number of phenols is 1. The van der Waals surface area contributed by atoms with Gasteiger partial charge < -0.3 is 5.11 Å². The molecule has 2 aliphatic carbocycles. The van der Waals surface area contributed by atoms with E-state index in [2.05, 4.69) is 0 Å². The van der Waals surface area contributed by atoms with Crippen LogP contribution in [0.4, 0.5) is 0 Å². The van der Waals surface area contributed by atoms with Crippen LogP contribution in [0.3, 0.4) is 0 Å². The van der Waals surface area contributed by atoms with Gasteiger partial charge in [0.1, 0.15) is 5.75 Å². The van der Waals surface area contributed by atoms with Crippen LogP contribution in [0.15, 0.2) is 54.2 Å². The number of halogens is 1. The van der Waals surface area contributed by atoms with Crippen molar-refractivity contribution < 1.29 is 14.7 Å². The Balaban J connectivity index is 1.81. The molecule has 9 heteroatoms. The van der Waals surface area contributed by atoms with Gasteiger partial charge >= 0.3 is 11.4 Å². The molecule has 3 aliphatic rings. The highest BCUT2D eigenvalue weighted by Crippen LogP contribution is 2.50. The van der Waals surface area contributed by atoms with E-state index in [9.17, 15) is 24.3 Å². The van der Waals surface area contributed by atoms with Crippen molar-refractivity contribution in [3.8, 4) is 5.75 Å². The number of aromatic nitrogens is 3. The van der Waals surface area contributed by atoms with E-state index in [1.54, 1.807) is 13.8 Å². The molecule has 1 N–H and O–H groups in total. The summed E-state index contributed by atoms with van der Waals surface area (Å²) in [6, 6.07) is 3.09. The lowest BCUT2D eigenvalue weighted by Crippen LogP contribution is -2.40. The zero-order valence-corrected chi connectivity index (χ0v) is 19.8. The average molecular weight is 545 g/mol. The van der Waals surface area contributed by atoms with Gasteiger partial charge in [-0.1, -0.05) is 18.2 Å². The molecule has 0 spiro atoms. The van der Waals surface area contributed by atoms with Gasteiger partial charge in [-0.2, -0.15) is 0 Å². The molecule has 5 rings (SSSR count). The fourth-order valence-electron chi connectivity index (χ4n) is 5.11. The molecule has 0 bridgehead atoms. The van der Waals surface area contributed by atoms with E-state index >= 15 is 0 Å². The van der Waals surface area contributed by atoms with Gasteiger partial charge in [0, 0.05) is 36.6 Å². The monoisotopic (exact) mass is 545 g/mol. The first-order valence-corrected chi connectivity index (χ1v) is 11.3. The minimum atomic E-state index is -0.552. The van der Waals surface area contributed by atoms with E-state index < -0.39 is 23.3 Å². The van der Waals surface area contributed by atoms with Gasteiger partial charge in [0.05, 0.1) is 16.2 Å². The highest BCUT2D eigenvalue weighted by atomic mass is 127. The Bertz CT molecular complexity index is 1440. The Hall–Kier alpha value is -2.95. The van der Waals surface area contributed by atoms with Gasteiger partial charge in [0.15, 0.2) is 11.6 Å². The summed E-state index contributed by atoms with van der Waals surface area (Å²) in [6.45, 7) is 3.77. The quantitative estimate of drug-likeness (QED) is 0.336. The predicted octanol–water partition coefficient (Wildman–Crippen LogP) is 2.11.